The van der Waals surface area contributed by atoms with Gasteiger partial charge in [0.2, 0.25) is 0 Å². The van der Waals surface area contributed by atoms with Crippen LogP contribution in [0.5, 0.6) is 0 Å². The van der Waals surface area contributed by atoms with Crippen molar-refractivity contribution in [1.29, 1.82) is 0 Å². The third kappa shape index (κ3) is 3.08. The van der Waals surface area contributed by atoms with Gasteiger partial charge in [-0.15, -0.1) is 0 Å². The molecule has 0 atom stereocenters. The van der Waals surface area contributed by atoms with Crippen LogP contribution in [0.2, 0.25) is 0 Å². The number of anilines is 2. The first kappa shape index (κ1) is 13.0. The standard InChI is InChI=1S/C10H6Br2IN3O/c11-5-1-2-7(6(12)3-5)16-9-8(13)10(17)15-4-14-9/h1-4H,(H2,14,15,16,17). The number of aromatic amines is 1. The van der Waals surface area contributed by atoms with Crippen LogP contribution < -0.4 is 10.9 Å². The predicted octanol–water partition coefficient (Wildman–Crippen LogP) is 3.64. The Labute approximate surface area is 128 Å². The van der Waals surface area contributed by atoms with E-state index in [-0.39, 0.29) is 5.56 Å². The first-order chi connectivity index (χ1) is 8.08. The molecule has 0 aliphatic rings. The molecule has 2 N–H and O–H groups in total. The zero-order chi connectivity index (χ0) is 12.4. The van der Waals surface area contributed by atoms with E-state index < -0.39 is 0 Å². The summed E-state index contributed by atoms with van der Waals surface area (Å²) >= 11 is 8.77. The van der Waals surface area contributed by atoms with Crippen LogP contribution >= 0.6 is 54.5 Å². The summed E-state index contributed by atoms with van der Waals surface area (Å²) in [5.74, 6) is 0.539. The second-order valence-corrected chi connectivity index (χ2v) is 5.99. The first-order valence-corrected chi connectivity index (χ1v) is 7.19. The lowest BCUT2D eigenvalue weighted by Gasteiger charge is -2.08. The lowest BCUT2D eigenvalue weighted by molar-refractivity contribution is 1.10. The monoisotopic (exact) mass is 469 g/mol. The summed E-state index contributed by atoms with van der Waals surface area (Å²) in [6.07, 6.45) is 1.37. The molecule has 0 spiro atoms. The van der Waals surface area contributed by atoms with Gasteiger partial charge in [0.1, 0.15) is 3.57 Å². The number of H-pyrrole nitrogens is 1. The minimum absolute atomic E-state index is 0.156. The molecule has 4 nitrogen and oxygen atoms in total. The van der Waals surface area contributed by atoms with E-state index in [2.05, 4.69) is 47.1 Å². The summed E-state index contributed by atoms with van der Waals surface area (Å²) in [5.41, 5.74) is 0.695. The van der Waals surface area contributed by atoms with Gasteiger partial charge >= 0.3 is 0 Å². The van der Waals surface area contributed by atoms with Gasteiger partial charge in [0, 0.05) is 8.95 Å². The highest BCUT2D eigenvalue weighted by molar-refractivity contribution is 14.1. The van der Waals surface area contributed by atoms with Gasteiger partial charge in [0.15, 0.2) is 5.82 Å². The average Bonchev–Trinajstić information content (AvgIpc) is 2.28. The SMILES string of the molecule is O=c1[nH]cnc(Nc2ccc(Br)cc2Br)c1I. The van der Waals surface area contributed by atoms with Gasteiger partial charge in [-0.3, -0.25) is 4.79 Å². The van der Waals surface area contributed by atoms with Crippen molar-refractivity contribution in [2.24, 2.45) is 0 Å². The molecule has 0 radical (unpaired) electrons. The maximum absolute atomic E-state index is 11.4. The number of halogens is 3. The Morgan fingerprint density at radius 1 is 1.35 bits per heavy atom. The third-order valence-electron chi connectivity index (χ3n) is 1.98. The number of rotatable bonds is 2. The zero-order valence-corrected chi connectivity index (χ0v) is 13.6. The summed E-state index contributed by atoms with van der Waals surface area (Å²) in [7, 11) is 0. The molecule has 0 aliphatic heterocycles. The molecule has 88 valence electrons. The van der Waals surface area contributed by atoms with Crippen molar-refractivity contribution >= 4 is 66.0 Å². The van der Waals surface area contributed by atoms with Crippen molar-refractivity contribution in [3.63, 3.8) is 0 Å². The Morgan fingerprint density at radius 2 is 2.12 bits per heavy atom. The van der Waals surface area contributed by atoms with Crippen molar-refractivity contribution in [1.82, 2.24) is 9.97 Å². The molecule has 7 heteroatoms. The van der Waals surface area contributed by atoms with Crippen LogP contribution in [0.25, 0.3) is 0 Å². The molecule has 0 unspecified atom stereocenters. The minimum atomic E-state index is -0.156. The Hall–Kier alpha value is -0.410. The Bertz CT molecular complexity index is 615. The van der Waals surface area contributed by atoms with Gasteiger partial charge in [-0.05, 0) is 56.7 Å². The smallest absolute Gasteiger partial charge is 0.266 e. The van der Waals surface area contributed by atoms with Crippen molar-refractivity contribution in [2.45, 2.75) is 0 Å². The van der Waals surface area contributed by atoms with E-state index in [1.54, 1.807) is 0 Å². The van der Waals surface area contributed by atoms with Crippen LogP contribution in [0, 0.1) is 3.57 Å². The van der Waals surface area contributed by atoms with Crippen LogP contribution in [-0.2, 0) is 0 Å². The van der Waals surface area contributed by atoms with Crippen molar-refractivity contribution in [2.75, 3.05) is 5.32 Å². The van der Waals surface area contributed by atoms with Crippen LogP contribution in [0.1, 0.15) is 0 Å². The predicted molar refractivity (Wildman–Crippen MR) is 82.7 cm³/mol. The topological polar surface area (TPSA) is 57.8 Å². The largest absolute Gasteiger partial charge is 0.338 e. The maximum atomic E-state index is 11.4. The van der Waals surface area contributed by atoms with Gasteiger partial charge < -0.3 is 10.3 Å². The third-order valence-corrected chi connectivity index (χ3v) is 4.13. The van der Waals surface area contributed by atoms with Gasteiger partial charge in [-0.2, -0.15) is 0 Å². The number of nitrogens with one attached hydrogen (secondary N) is 2. The van der Waals surface area contributed by atoms with Gasteiger partial charge in [-0.25, -0.2) is 4.98 Å². The summed E-state index contributed by atoms with van der Waals surface area (Å²) in [6.45, 7) is 0. The van der Waals surface area contributed by atoms with E-state index in [4.69, 9.17) is 0 Å². The van der Waals surface area contributed by atoms with Gasteiger partial charge in [0.25, 0.3) is 5.56 Å². The van der Waals surface area contributed by atoms with Crippen molar-refractivity contribution in [3.05, 3.63) is 47.4 Å². The maximum Gasteiger partial charge on any atom is 0.266 e. The summed E-state index contributed by atoms with van der Waals surface area (Å²) in [5, 5.41) is 3.10. The summed E-state index contributed by atoms with van der Waals surface area (Å²) in [4.78, 5) is 18.0. The quantitative estimate of drug-likeness (QED) is 0.659. The fraction of sp³-hybridized carbons (Fsp3) is 0. The fourth-order valence-electron chi connectivity index (χ4n) is 1.19. The van der Waals surface area contributed by atoms with Crippen molar-refractivity contribution < 1.29 is 0 Å². The van der Waals surface area contributed by atoms with E-state index in [1.165, 1.54) is 6.33 Å². The summed E-state index contributed by atoms with van der Waals surface area (Å²) in [6, 6.07) is 5.72. The number of benzene rings is 1. The molecular weight excluding hydrogens is 465 g/mol. The van der Waals surface area contributed by atoms with E-state index in [0.717, 1.165) is 14.6 Å². The van der Waals surface area contributed by atoms with Crippen LogP contribution in [0.4, 0.5) is 11.5 Å². The molecule has 17 heavy (non-hydrogen) atoms. The molecule has 2 aromatic rings. The highest BCUT2D eigenvalue weighted by atomic mass is 127. The molecule has 1 heterocycles. The molecule has 0 bridgehead atoms. The highest BCUT2D eigenvalue weighted by Gasteiger charge is 2.07. The molecule has 0 saturated carbocycles. The summed E-state index contributed by atoms with van der Waals surface area (Å²) < 4.78 is 2.40. The number of aromatic nitrogens is 2. The lowest BCUT2D eigenvalue weighted by atomic mass is 10.3. The normalized spacial score (nSPS) is 10.3. The second kappa shape index (κ2) is 5.49. The molecule has 0 aliphatic carbocycles. The Morgan fingerprint density at radius 3 is 2.82 bits per heavy atom. The highest BCUT2D eigenvalue weighted by Crippen LogP contribution is 2.28. The fourth-order valence-corrected chi connectivity index (χ4v) is 2.76. The molecule has 0 fully saturated rings. The number of hydrogen-bond donors (Lipinski definition) is 2. The van der Waals surface area contributed by atoms with Gasteiger partial charge in [0.05, 0.1) is 12.0 Å². The molecule has 0 saturated heterocycles. The minimum Gasteiger partial charge on any atom is -0.338 e. The molecule has 1 aromatic heterocycles. The van der Waals surface area contributed by atoms with Crippen LogP contribution in [0.15, 0.2) is 38.3 Å². The molecule has 2 rings (SSSR count). The lowest BCUT2D eigenvalue weighted by Crippen LogP contribution is -2.13. The van der Waals surface area contributed by atoms with Crippen molar-refractivity contribution in [3.8, 4) is 0 Å². The second-order valence-electron chi connectivity index (χ2n) is 3.14. The molecule has 1 aromatic carbocycles. The van der Waals surface area contributed by atoms with E-state index in [0.29, 0.717) is 9.39 Å². The van der Waals surface area contributed by atoms with E-state index >= 15 is 0 Å². The number of nitrogens with zero attached hydrogens (tertiary/aromatic N) is 1. The molecule has 0 amide bonds. The van der Waals surface area contributed by atoms with E-state index in [9.17, 15) is 4.79 Å². The Kier molecular flexibility index (Phi) is 4.21. The van der Waals surface area contributed by atoms with Gasteiger partial charge in [-0.1, -0.05) is 15.9 Å². The first-order valence-electron chi connectivity index (χ1n) is 4.53. The van der Waals surface area contributed by atoms with E-state index in [1.807, 2.05) is 40.8 Å². The number of hydrogen-bond acceptors (Lipinski definition) is 3. The average molecular weight is 471 g/mol. The Balaban J connectivity index is 2.38. The zero-order valence-electron chi connectivity index (χ0n) is 8.30. The van der Waals surface area contributed by atoms with Crippen LogP contribution in [-0.4, -0.2) is 9.97 Å². The van der Waals surface area contributed by atoms with Crippen LogP contribution in [0.3, 0.4) is 0 Å². The molecular formula is C10H6Br2IN3O.